The van der Waals surface area contributed by atoms with Crippen molar-refractivity contribution in [3.63, 3.8) is 0 Å². The fourth-order valence-corrected chi connectivity index (χ4v) is 2.15. The number of ether oxygens (including phenoxy) is 1. The minimum atomic E-state index is -0.372. The monoisotopic (exact) mass is 257 g/mol. The standard InChI is InChI=1S/C11H16ClN3O2/c1-7(8-3-2-4-17-6-8)14-9-5-13-15-11(16)10(9)12/h5,7-8H,2-4,6H2,1H3,(H2,14,15,16). The van der Waals surface area contributed by atoms with Gasteiger partial charge >= 0.3 is 0 Å². The van der Waals surface area contributed by atoms with E-state index >= 15 is 0 Å². The Labute approximate surface area is 105 Å². The van der Waals surface area contributed by atoms with E-state index in [2.05, 4.69) is 22.4 Å². The molecule has 5 nitrogen and oxygen atoms in total. The van der Waals surface area contributed by atoms with Gasteiger partial charge < -0.3 is 10.1 Å². The van der Waals surface area contributed by atoms with Gasteiger partial charge in [-0.3, -0.25) is 4.79 Å². The zero-order chi connectivity index (χ0) is 12.3. The molecule has 0 bridgehead atoms. The molecule has 1 aromatic heterocycles. The van der Waals surface area contributed by atoms with E-state index in [1.54, 1.807) is 0 Å². The number of hydrogen-bond donors (Lipinski definition) is 2. The van der Waals surface area contributed by atoms with Crippen LogP contribution in [0.5, 0.6) is 0 Å². The van der Waals surface area contributed by atoms with Gasteiger partial charge in [-0.15, -0.1) is 0 Å². The molecule has 0 aromatic carbocycles. The summed E-state index contributed by atoms with van der Waals surface area (Å²) in [5, 5.41) is 9.40. The van der Waals surface area contributed by atoms with Crippen molar-refractivity contribution >= 4 is 17.3 Å². The second kappa shape index (κ2) is 5.51. The lowest BCUT2D eigenvalue weighted by Gasteiger charge is -2.29. The number of aromatic amines is 1. The van der Waals surface area contributed by atoms with Crippen LogP contribution in [0.3, 0.4) is 0 Å². The minimum Gasteiger partial charge on any atom is -0.381 e. The van der Waals surface area contributed by atoms with E-state index in [9.17, 15) is 4.79 Å². The van der Waals surface area contributed by atoms with Gasteiger partial charge in [0.2, 0.25) is 0 Å². The zero-order valence-corrected chi connectivity index (χ0v) is 10.5. The highest BCUT2D eigenvalue weighted by Gasteiger charge is 2.21. The molecule has 17 heavy (non-hydrogen) atoms. The molecule has 94 valence electrons. The van der Waals surface area contributed by atoms with Crippen molar-refractivity contribution in [1.29, 1.82) is 0 Å². The van der Waals surface area contributed by atoms with Crippen LogP contribution in [-0.2, 0) is 4.74 Å². The predicted octanol–water partition coefficient (Wildman–Crippen LogP) is 1.65. The third-order valence-corrected chi connectivity index (χ3v) is 3.46. The molecule has 1 fully saturated rings. The van der Waals surface area contributed by atoms with Crippen LogP contribution in [0, 0.1) is 5.92 Å². The van der Waals surface area contributed by atoms with E-state index in [4.69, 9.17) is 16.3 Å². The Morgan fingerprint density at radius 1 is 1.71 bits per heavy atom. The van der Waals surface area contributed by atoms with Crippen molar-refractivity contribution in [3.8, 4) is 0 Å². The summed E-state index contributed by atoms with van der Waals surface area (Å²) in [4.78, 5) is 11.3. The molecule has 2 unspecified atom stereocenters. The minimum absolute atomic E-state index is 0.156. The molecule has 1 aliphatic rings. The number of nitrogens with one attached hydrogen (secondary N) is 2. The van der Waals surface area contributed by atoms with Crippen molar-refractivity contribution < 1.29 is 4.74 Å². The lowest BCUT2D eigenvalue weighted by Crippen LogP contribution is -2.33. The van der Waals surface area contributed by atoms with Crippen molar-refractivity contribution in [1.82, 2.24) is 10.2 Å². The number of halogens is 1. The maximum Gasteiger partial charge on any atom is 0.285 e. The molecule has 1 saturated heterocycles. The molecule has 0 radical (unpaired) electrons. The highest BCUT2D eigenvalue weighted by atomic mass is 35.5. The first kappa shape index (κ1) is 12.4. The molecular formula is C11H16ClN3O2. The summed E-state index contributed by atoms with van der Waals surface area (Å²) in [7, 11) is 0. The number of nitrogens with zero attached hydrogens (tertiary/aromatic N) is 1. The molecule has 1 aromatic rings. The molecule has 2 N–H and O–H groups in total. The van der Waals surface area contributed by atoms with Gasteiger partial charge in [0, 0.05) is 18.6 Å². The Hall–Kier alpha value is -1.07. The van der Waals surface area contributed by atoms with E-state index in [1.165, 1.54) is 6.20 Å². The van der Waals surface area contributed by atoms with Gasteiger partial charge in [0.1, 0.15) is 5.02 Å². The molecule has 2 heterocycles. The Morgan fingerprint density at radius 3 is 3.24 bits per heavy atom. The fraction of sp³-hybridized carbons (Fsp3) is 0.636. The Kier molecular flexibility index (Phi) is 4.02. The van der Waals surface area contributed by atoms with E-state index in [0.717, 1.165) is 26.1 Å². The average Bonchev–Trinajstić information content (AvgIpc) is 2.36. The highest BCUT2D eigenvalue weighted by Crippen LogP contribution is 2.22. The maximum absolute atomic E-state index is 11.3. The average molecular weight is 258 g/mol. The molecule has 6 heteroatoms. The predicted molar refractivity (Wildman–Crippen MR) is 66.5 cm³/mol. The lowest BCUT2D eigenvalue weighted by atomic mass is 9.95. The molecule has 0 amide bonds. The third-order valence-electron chi connectivity index (χ3n) is 3.08. The smallest absolute Gasteiger partial charge is 0.285 e. The van der Waals surface area contributed by atoms with Gasteiger partial charge in [0.25, 0.3) is 5.56 Å². The van der Waals surface area contributed by atoms with Crippen molar-refractivity contribution in [2.24, 2.45) is 5.92 Å². The summed E-state index contributed by atoms with van der Waals surface area (Å²) in [6, 6.07) is 0.205. The summed E-state index contributed by atoms with van der Waals surface area (Å²) < 4.78 is 5.44. The Bertz CT molecular complexity index is 429. The molecule has 2 rings (SSSR count). The van der Waals surface area contributed by atoms with Gasteiger partial charge in [-0.05, 0) is 19.8 Å². The summed E-state index contributed by atoms with van der Waals surface area (Å²) >= 11 is 5.90. The second-order valence-corrected chi connectivity index (χ2v) is 4.71. The number of aromatic nitrogens is 2. The topological polar surface area (TPSA) is 67.0 Å². The summed E-state index contributed by atoms with van der Waals surface area (Å²) in [5.41, 5.74) is 0.206. The molecule has 1 aliphatic heterocycles. The summed E-state index contributed by atoms with van der Waals surface area (Å²) in [6.07, 6.45) is 3.74. The van der Waals surface area contributed by atoms with Gasteiger partial charge in [-0.2, -0.15) is 5.10 Å². The first-order valence-electron chi connectivity index (χ1n) is 5.76. The SMILES string of the molecule is CC(Nc1cn[nH]c(=O)c1Cl)C1CCCOC1. The molecule has 0 saturated carbocycles. The number of hydrogen-bond acceptors (Lipinski definition) is 4. The van der Waals surface area contributed by atoms with Crippen molar-refractivity contribution in [2.75, 3.05) is 18.5 Å². The first-order valence-corrected chi connectivity index (χ1v) is 6.13. The Morgan fingerprint density at radius 2 is 2.53 bits per heavy atom. The van der Waals surface area contributed by atoms with E-state index in [1.807, 2.05) is 0 Å². The second-order valence-electron chi connectivity index (χ2n) is 4.34. The number of anilines is 1. The largest absolute Gasteiger partial charge is 0.381 e. The number of rotatable bonds is 3. The zero-order valence-electron chi connectivity index (χ0n) is 9.70. The van der Waals surface area contributed by atoms with Gasteiger partial charge in [0.15, 0.2) is 0 Å². The molecule has 0 spiro atoms. The molecule has 2 atom stereocenters. The van der Waals surface area contributed by atoms with Crippen LogP contribution in [0.2, 0.25) is 5.02 Å². The van der Waals surface area contributed by atoms with Crippen LogP contribution in [0.15, 0.2) is 11.0 Å². The molecule has 0 aliphatic carbocycles. The van der Waals surface area contributed by atoms with Crippen LogP contribution in [-0.4, -0.2) is 29.5 Å². The van der Waals surface area contributed by atoms with Crippen LogP contribution < -0.4 is 10.9 Å². The third kappa shape index (κ3) is 2.98. The van der Waals surface area contributed by atoms with E-state index in [0.29, 0.717) is 11.6 Å². The van der Waals surface area contributed by atoms with Crippen molar-refractivity contribution in [2.45, 2.75) is 25.8 Å². The van der Waals surface area contributed by atoms with E-state index in [-0.39, 0.29) is 16.6 Å². The summed E-state index contributed by atoms with van der Waals surface area (Å²) in [5.74, 6) is 0.444. The molecular weight excluding hydrogens is 242 g/mol. The highest BCUT2D eigenvalue weighted by molar-refractivity contribution is 6.32. The quantitative estimate of drug-likeness (QED) is 0.864. The van der Waals surface area contributed by atoms with Gasteiger partial charge in [-0.25, -0.2) is 5.10 Å². The van der Waals surface area contributed by atoms with Crippen LogP contribution in [0.1, 0.15) is 19.8 Å². The lowest BCUT2D eigenvalue weighted by molar-refractivity contribution is 0.0496. The van der Waals surface area contributed by atoms with E-state index < -0.39 is 0 Å². The maximum atomic E-state index is 11.3. The van der Waals surface area contributed by atoms with Crippen LogP contribution in [0.25, 0.3) is 0 Å². The first-order chi connectivity index (χ1) is 8.18. The summed E-state index contributed by atoms with van der Waals surface area (Å²) in [6.45, 7) is 3.66. The number of H-pyrrole nitrogens is 1. The Balaban J connectivity index is 2.04. The van der Waals surface area contributed by atoms with Gasteiger partial charge in [-0.1, -0.05) is 11.6 Å². The van der Waals surface area contributed by atoms with Crippen LogP contribution in [0.4, 0.5) is 5.69 Å². The van der Waals surface area contributed by atoms with Crippen LogP contribution >= 0.6 is 11.6 Å². The fourth-order valence-electron chi connectivity index (χ4n) is 2.01. The normalized spacial score (nSPS) is 22.1. The van der Waals surface area contributed by atoms with Crippen molar-refractivity contribution in [3.05, 3.63) is 21.6 Å². The van der Waals surface area contributed by atoms with Gasteiger partial charge in [0.05, 0.1) is 18.5 Å².